The lowest BCUT2D eigenvalue weighted by Gasteiger charge is -2.30. The van der Waals surface area contributed by atoms with Gasteiger partial charge in [-0.25, -0.2) is 4.98 Å². The fourth-order valence-corrected chi connectivity index (χ4v) is 2.32. The summed E-state index contributed by atoms with van der Waals surface area (Å²) in [4.78, 5) is 20.7. The lowest BCUT2D eigenvalue weighted by atomic mass is 10.1. The van der Waals surface area contributed by atoms with Gasteiger partial charge in [-0.1, -0.05) is 0 Å². The van der Waals surface area contributed by atoms with Crippen molar-refractivity contribution in [3.63, 3.8) is 0 Å². The van der Waals surface area contributed by atoms with E-state index in [4.69, 9.17) is 0 Å². The van der Waals surface area contributed by atoms with Crippen LogP contribution in [0, 0.1) is 10.1 Å². The van der Waals surface area contributed by atoms with E-state index in [0.717, 1.165) is 32.2 Å². The van der Waals surface area contributed by atoms with Crippen LogP contribution in [0.25, 0.3) is 0 Å². The van der Waals surface area contributed by atoms with Crippen LogP contribution >= 0.6 is 0 Å². The number of hydrogen-bond donors (Lipinski definition) is 2. The number of hydrogen-bond acceptors (Lipinski definition) is 7. The molecule has 0 radical (unpaired) electrons. The van der Waals surface area contributed by atoms with Crippen molar-refractivity contribution in [2.75, 3.05) is 23.3 Å². The van der Waals surface area contributed by atoms with Gasteiger partial charge in [0, 0.05) is 19.1 Å². The Hall–Kier alpha value is -1.96. The van der Waals surface area contributed by atoms with Crippen molar-refractivity contribution >= 4 is 17.5 Å². The standard InChI is InChI=1S/C12H17N5O3/c18-9-2-1-5-16(7-9)12-13-6-10(17(19)20)11(15-12)14-8-3-4-8/h6,8-9,18H,1-5,7H2,(H,13,14,15). The summed E-state index contributed by atoms with van der Waals surface area (Å²) in [5.74, 6) is 0.722. The molecule has 8 nitrogen and oxygen atoms in total. The smallest absolute Gasteiger partial charge is 0.329 e. The maximum Gasteiger partial charge on any atom is 0.329 e. The highest BCUT2D eigenvalue weighted by atomic mass is 16.6. The number of nitro groups is 1. The maximum atomic E-state index is 11.0. The Balaban J connectivity index is 1.85. The molecule has 1 aliphatic heterocycles. The Labute approximate surface area is 116 Å². The molecule has 0 spiro atoms. The second-order valence-corrected chi connectivity index (χ2v) is 5.32. The van der Waals surface area contributed by atoms with Crippen molar-refractivity contribution in [3.8, 4) is 0 Å². The topological polar surface area (TPSA) is 104 Å². The summed E-state index contributed by atoms with van der Waals surface area (Å²) in [6, 6.07) is 0.281. The molecule has 2 fully saturated rings. The third kappa shape index (κ3) is 2.79. The van der Waals surface area contributed by atoms with E-state index in [1.807, 2.05) is 4.90 Å². The Bertz CT molecular complexity index is 520. The zero-order valence-electron chi connectivity index (χ0n) is 11.0. The predicted octanol–water partition coefficient (Wildman–Crippen LogP) is 0.920. The van der Waals surface area contributed by atoms with Gasteiger partial charge in [-0.05, 0) is 25.7 Å². The summed E-state index contributed by atoms with van der Waals surface area (Å²) in [7, 11) is 0. The van der Waals surface area contributed by atoms with Crippen LogP contribution in [-0.2, 0) is 0 Å². The molecule has 1 aliphatic carbocycles. The van der Waals surface area contributed by atoms with Crippen LogP contribution in [0.4, 0.5) is 17.5 Å². The molecule has 0 amide bonds. The Morgan fingerprint density at radius 3 is 2.90 bits per heavy atom. The molecule has 1 atom stereocenters. The number of rotatable bonds is 4. The molecule has 108 valence electrons. The predicted molar refractivity (Wildman–Crippen MR) is 72.8 cm³/mol. The first-order chi connectivity index (χ1) is 9.63. The van der Waals surface area contributed by atoms with Crippen LogP contribution in [-0.4, -0.2) is 45.2 Å². The molecule has 1 saturated heterocycles. The molecule has 1 saturated carbocycles. The summed E-state index contributed by atoms with van der Waals surface area (Å²) >= 11 is 0. The molecule has 8 heteroatoms. The minimum atomic E-state index is -0.473. The van der Waals surface area contributed by atoms with Crippen LogP contribution in [0.5, 0.6) is 0 Å². The van der Waals surface area contributed by atoms with Gasteiger partial charge in [-0.15, -0.1) is 0 Å². The van der Waals surface area contributed by atoms with Gasteiger partial charge in [0.25, 0.3) is 0 Å². The largest absolute Gasteiger partial charge is 0.391 e. The minimum Gasteiger partial charge on any atom is -0.391 e. The normalized spacial score (nSPS) is 22.6. The van der Waals surface area contributed by atoms with E-state index < -0.39 is 4.92 Å². The SMILES string of the molecule is O=[N+]([O-])c1cnc(N2CCCC(O)C2)nc1NC1CC1. The quantitative estimate of drug-likeness (QED) is 0.623. The van der Waals surface area contributed by atoms with Crippen molar-refractivity contribution in [2.45, 2.75) is 37.8 Å². The number of aliphatic hydroxyl groups excluding tert-OH is 1. The number of aliphatic hydroxyl groups is 1. The second-order valence-electron chi connectivity index (χ2n) is 5.32. The highest BCUT2D eigenvalue weighted by Gasteiger charge is 2.28. The van der Waals surface area contributed by atoms with E-state index in [2.05, 4.69) is 15.3 Å². The van der Waals surface area contributed by atoms with Gasteiger partial charge >= 0.3 is 5.69 Å². The Kier molecular flexibility index (Phi) is 3.39. The van der Waals surface area contributed by atoms with E-state index in [1.54, 1.807) is 0 Å². The first-order valence-corrected chi connectivity index (χ1v) is 6.84. The molecule has 0 aromatic carbocycles. The van der Waals surface area contributed by atoms with Gasteiger partial charge in [0.1, 0.15) is 6.20 Å². The maximum absolute atomic E-state index is 11.0. The molecule has 3 rings (SSSR count). The summed E-state index contributed by atoms with van der Waals surface area (Å²) in [6.07, 6.45) is 4.53. The molecule has 0 bridgehead atoms. The van der Waals surface area contributed by atoms with Crippen molar-refractivity contribution in [1.82, 2.24) is 9.97 Å². The summed E-state index contributed by atoms with van der Waals surface area (Å²) in [6.45, 7) is 1.23. The third-order valence-electron chi connectivity index (χ3n) is 3.55. The second kappa shape index (κ2) is 5.20. The van der Waals surface area contributed by atoms with Crippen molar-refractivity contribution < 1.29 is 10.0 Å². The number of piperidine rings is 1. The average molecular weight is 279 g/mol. The Morgan fingerprint density at radius 2 is 2.25 bits per heavy atom. The monoisotopic (exact) mass is 279 g/mol. The van der Waals surface area contributed by atoms with Crippen molar-refractivity contribution in [1.29, 1.82) is 0 Å². The van der Waals surface area contributed by atoms with E-state index in [0.29, 0.717) is 12.5 Å². The fourth-order valence-electron chi connectivity index (χ4n) is 2.32. The highest BCUT2D eigenvalue weighted by molar-refractivity contribution is 5.58. The van der Waals surface area contributed by atoms with Crippen molar-refractivity contribution in [2.24, 2.45) is 0 Å². The molecule has 2 heterocycles. The lowest BCUT2D eigenvalue weighted by molar-refractivity contribution is -0.384. The van der Waals surface area contributed by atoms with Gasteiger partial charge in [0.05, 0.1) is 11.0 Å². The molecule has 2 N–H and O–H groups in total. The first-order valence-electron chi connectivity index (χ1n) is 6.84. The van der Waals surface area contributed by atoms with E-state index in [1.165, 1.54) is 6.20 Å². The van der Waals surface area contributed by atoms with Crippen LogP contribution in [0.15, 0.2) is 6.20 Å². The zero-order valence-corrected chi connectivity index (χ0v) is 11.0. The van der Waals surface area contributed by atoms with Gasteiger partial charge in [-0.3, -0.25) is 10.1 Å². The molecular formula is C12H17N5O3. The van der Waals surface area contributed by atoms with Crippen molar-refractivity contribution in [3.05, 3.63) is 16.3 Å². The molecule has 1 unspecified atom stereocenters. The minimum absolute atomic E-state index is 0.0989. The van der Waals surface area contributed by atoms with E-state index >= 15 is 0 Å². The number of nitrogens with one attached hydrogen (secondary N) is 1. The first kappa shape index (κ1) is 13.0. The van der Waals surface area contributed by atoms with E-state index in [-0.39, 0.29) is 23.7 Å². The van der Waals surface area contributed by atoms with Gasteiger partial charge in [-0.2, -0.15) is 4.98 Å². The number of nitrogens with zero attached hydrogens (tertiary/aromatic N) is 4. The number of β-amino-alcohol motifs (C(OH)–C–C–N with tert-alkyl or cyclic N) is 1. The van der Waals surface area contributed by atoms with Gasteiger partial charge in [0.15, 0.2) is 0 Å². The molecule has 1 aromatic heterocycles. The van der Waals surface area contributed by atoms with Crippen LogP contribution in [0.1, 0.15) is 25.7 Å². The summed E-state index contributed by atoms with van der Waals surface area (Å²) in [5, 5.41) is 23.8. The Morgan fingerprint density at radius 1 is 1.45 bits per heavy atom. The lowest BCUT2D eigenvalue weighted by Crippen LogP contribution is -2.39. The molecule has 2 aliphatic rings. The van der Waals surface area contributed by atoms with Crippen LogP contribution in [0.2, 0.25) is 0 Å². The highest BCUT2D eigenvalue weighted by Crippen LogP contribution is 2.30. The third-order valence-corrected chi connectivity index (χ3v) is 3.55. The molecule has 20 heavy (non-hydrogen) atoms. The molecule has 1 aromatic rings. The number of aromatic nitrogens is 2. The van der Waals surface area contributed by atoms with Gasteiger partial charge < -0.3 is 15.3 Å². The van der Waals surface area contributed by atoms with Crippen LogP contribution in [0.3, 0.4) is 0 Å². The van der Waals surface area contributed by atoms with E-state index in [9.17, 15) is 15.2 Å². The summed E-state index contributed by atoms with van der Waals surface area (Å²) < 4.78 is 0. The van der Waals surface area contributed by atoms with Crippen LogP contribution < -0.4 is 10.2 Å². The average Bonchev–Trinajstić information content (AvgIpc) is 3.22. The van der Waals surface area contributed by atoms with Gasteiger partial charge in [0.2, 0.25) is 11.8 Å². The summed E-state index contributed by atoms with van der Waals surface area (Å²) in [5.41, 5.74) is -0.0989. The zero-order chi connectivity index (χ0) is 14.1. The fraction of sp³-hybridized carbons (Fsp3) is 0.667. The molecular weight excluding hydrogens is 262 g/mol. The number of anilines is 2.